The molecule has 0 saturated carbocycles. The van der Waals surface area contributed by atoms with Gasteiger partial charge in [0, 0.05) is 11.3 Å². The molecule has 0 unspecified atom stereocenters. The van der Waals surface area contributed by atoms with Gasteiger partial charge in [-0.1, -0.05) is 18.2 Å². The predicted octanol–water partition coefficient (Wildman–Crippen LogP) is 4.05. The Hall–Kier alpha value is -2.31. The van der Waals surface area contributed by atoms with Gasteiger partial charge in [-0.2, -0.15) is 5.26 Å². The number of rotatable bonds is 3. The molecule has 0 heterocycles. The first-order chi connectivity index (χ1) is 9.52. The van der Waals surface area contributed by atoms with E-state index in [0.29, 0.717) is 16.8 Å². The van der Waals surface area contributed by atoms with Crippen LogP contribution in [0.4, 0.5) is 11.4 Å². The van der Waals surface area contributed by atoms with E-state index in [1.54, 1.807) is 6.07 Å². The van der Waals surface area contributed by atoms with Gasteiger partial charge in [-0.15, -0.1) is 0 Å². The molecule has 1 N–H and O–H groups in total. The van der Waals surface area contributed by atoms with E-state index in [9.17, 15) is 10.1 Å². The molecular formula is C16H11ClN2O. The minimum atomic E-state index is -0.615. The number of hydrogen-bond donors (Lipinski definition) is 1. The number of carbonyl (C=O) groups excluding carboxylic acids is 1. The molecule has 2 aromatic carbocycles. The number of nitrogens with one attached hydrogen (secondary N) is 1. The minimum Gasteiger partial charge on any atom is -0.354 e. The Morgan fingerprint density at radius 2 is 1.90 bits per heavy atom. The van der Waals surface area contributed by atoms with Crippen LogP contribution in [0.1, 0.15) is 27.0 Å². The maximum Gasteiger partial charge on any atom is 0.252 e. The molecule has 0 atom stereocenters. The van der Waals surface area contributed by atoms with Crippen molar-refractivity contribution in [1.82, 2.24) is 0 Å². The lowest BCUT2D eigenvalue weighted by Crippen LogP contribution is -2.01. The van der Waals surface area contributed by atoms with E-state index in [2.05, 4.69) is 19.2 Å². The third kappa shape index (κ3) is 2.81. The van der Waals surface area contributed by atoms with Gasteiger partial charge in [0.1, 0.15) is 6.07 Å². The summed E-state index contributed by atoms with van der Waals surface area (Å²) < 4.78 is 0. The van der Waals surface area contributed by atoms with Gasteiger partial charge in [0.05, 0.1) is 11.3 Å². The van der Waals surface area contributed by atoms with E-state index in [4.69, 9.17) is 11.6 Å². The highest BCUT2D eigenvalue weighted by molar-refractivity contribution is 6.67. The molecule has 0 aromatic heterocycles. The number of hydrogen-bond acceptors (Lipinski definition) is 3. The molecule has 0 bridgehead atoms. The lowest BCUT2D eigenvalue weighted by atomic mass is 10.0. The van der Waals surface area contributed by atoms with Crippen molar-refractivity contribution < 1.29 is 4.79 Å². The molecule has 0 fully saturated rings. The normalized spacial score (nSPS) is 9.90. The molecule has 2 aromatic rings. The zero-order valence-corrected chi connectivity index (χ0v) is 11.4. The highest BCUT2D eigenvalue weighted by Gasteiger charge is 2.12. The van der Waals surface area contributed by atoms with Crippen LogP contribution in [0.25, 0.3) is 0 Å². The summed E-state index contributed by atoms with van der Waals surface area (Å²) in [5, 5.41) is 11.7. The fourth-order valence-electron chi connectivity index (χ4n) is 1.83. The van der Waals surface area contributed by atoms with Crippen LogP contribution < -0.4 is 5.32 Å². The van der Waals surface area contributed by atoms with Crippen LogP contribution in [0.2, 0.25) is 0 Å². The van der Waals surface area contributed by atoms with Gasteiger partial charge in [-0.3, -0.25) is 4.79 Å². The summed E-state index contributed by atoms with van der Waals surface area (Å²) in [6.07, 6.45) is 0. The van der Waals surface area contributed by atoms with Crippen LogP contribution in [0, 0.1) is 25.2 Å². The molecule has 0 amide bonds. The molecule has 0 saturated heterocycles. The largest absolute Gasteiger partial charge is 0.354 e. The van der Waals surface area contributed by atoms with E-state index >= 15 is 0 Å². The van der Waals surface area contributed by atoms with Crippen molar-refractivity contribution in [3.8, 4) is 6.07 Å². The lowest BCUT2D eigenvalue weighted by molar-refractivity contribution is 0.108. The Labute approximate surface area is 122 Å². The fourth-order valence-corrected chi connectivity index (χ4v) is 1.94. The Morgan fingerprint density at radius 3 is 2.50 bits per heavy atom. The summed E-state index contributed by atoms with van der Waals surface area (Å²) in [5.74, 6) is 0. The topological polar surface area (TPSA) is 52.9 Å². The third-order valence-electron chi connectivity index (χ3n) is 2.84. The van der Waals surface area contributed by atoms with E-state index in [1.807, 2.05) is 30.3 Å². The van der Waals surface area contributed by atoms with E-state index < -0.39 is 5.24 Å². The van der Waals surface area contributed by atoms with Crippen LogP contribution >= 0.6 is 11.6 Å². The smallest absolute Gasteiger partial charge is 0.252 e. The Kier molecular flexibility index (Phi) is 4.07. The summed E-state index contributed by atoms with van der Waals surface area (Å²) in [6.45, 7) is 7.76. The van der Waals surface area contributed by atoms with Crippen LogP contribution in [0.5, 0.6) is 0 Å². The molecule has 0 aliphatic rings. The zero-order chi connectivity index (χ0) is 14.7. The second-order valence-electron chi connectivity index (χ2n) is 4.23. The Morgan fingerprint density at radius 1 is 1.20 bits per heavy atom. The van der Waals surface area contributed by atoms with E-state index in [1.165, 1.54) is 6.07 Å². The number of nitrogens with zero attached hydrogens (tertiary/aromatic N) is 1. The SMILES string of the molecule is [CH2]c1ccccc1Nc1c([CH2])cc(C(=O)Cl)cc1C#N. The van der Waals surface area contributed by atoms with Crippen molar-refractivity contribution in [2.75, 3.05) is 5.32 Å². The number of halogens is 1. The summed E-state index contributed by atoms with van der Waals surface area (Å²) in [4.78, 5) is 11.2. The first kappa shape index (κ1) is 14.1. The first-order valence-corrected chi connectivity index (χ1v) is 6.18. The monoisotopic (exact) mass is 282 g/mol. The molecule has 4 heteroatoms. The van der Waals surface area contributed by atoms with Crippen LogP contribution in [0.3, 0.4) is 0 Å². The molecular weight excluding hydrogens is 272 g/mol. The summed E-state index contributed by atoms with van der Waals surface area (Å²) in [5.41, 5.74) is 3.21. The number of para-hydroxylation sites is 1. The molecule has 3 nitrogen and oxygen atoms in total. The van der Waals surface area contributed by atoms with E-state index in [0.717, 1.165) is 11.3 Å². The number of nitriles is 1. The molecule has 20 heavy (non-hydrogen) atoms. The lowest BCUT2D eigenvalue weighted by Gasteiger charge is -2.14. The summed E-state index contributed by atoms with van der Waals surface area (Å²) in [6, 6.07) is 12.5. The van der Waals surface area contributed by atoms with Crippen molar-refractivity contribution in [2.45, 2.75) is 0 Å². The quantitative estimate of drug-likeness (QED) is 0.864. The molecule has 98 valence electrons. The first-order valence-electron chi connectivity index (χ1n) is 5.81. The van der Waals surface area contributed by atoms with Gasteiger partial charge in [-0.25, -0.2) is 0 Å². The minimum absolute atomic E-state index is 0.252. The van der Waals surface area contributed by atoms with Gasteiger partial charge < -0.3 is 5.32 Å². The second kappa shape index (κ2) is 5.77. The van der Waals surface area contributed by atoms with E-state index in [-0.39, 0.29) is 5.56 Å². The zero-order valence-electron chi connectivity index (χ0n) is 10.6. The molecule has 0 aliphatic carbocycles. The maximum atomic E-state index is 11.2. The van der Waals surface area contributed by atoms with Gasteiger partial charge in [-0.05, 0) is 54.8 Å². The number of benzene rings is 2. The van der Waals surface area contributed by atoms with Gasteiger partial charge >= 0.3 is 0 Å². The second-order valence-corrected chi connectivity index (χ2v) is 4.57. The average Bonchev–Trinajstić information content (AvgIpc) is 2.42. The highest BCUT2D eigenvalue weighted by atomic mass is 35.5. The summed E-state index contributed by atoms with van der Waals surface area (Å²) in [7, 11) is 0. The van der Waals surface area contributed by atoms with Crippen LogP contribution in [-0.4, -0.2) is 5.24 Å². The van der Waals surface area contributed by atoms with Gasteiger partial charge in [0.15, 0.2) is 0 Å². The third-order valence-corrected chi connectivity index (χ3v) is 3.06. The van der Waals surface area contributed by atoms with Crippen molar-refractivity contribution in [2.24, 2.45) is 0 Å². The Bertz CT molecular complexity index is 717. The number of carbonyl (C=O) groups is 1. The number of anilines is 2. The van der Waals surface area contributed by atoms with Crippen molar-refractivity contribution in [3.63, 3.8) is 0 Å². The predicted molar refractivity (Wildman–Crippen MR) is 80.0 cm³/mol. The van der Waals surface area contributed by atoms with Gasteiger partial charge in [0.25, 0.3) is 5.24 Å². The van der Waals surface area contributed by atoms with Crippen LogP contribution in [0.15, 0.2) is 36.4 Å². The van der Waals surface area contributed by atoms with Gasteiger partial charge in [0.2, 0.25) is 0 Å². The highest BCUT2D eigenvalue weighted by Crippen LogP contribution is 2.28. The maximum absolute atomic E-state index is 11.2. The summed E-state index contributed by atoms with van der Waals surface area (Å²) >= 11 is 5.44. The standard InChI is InChI=1S/C16H11ClN2O/c1-10-5-3-4-6-14(10)19-15-11(2)7-12(16(17)20)8-13(15)9-18/h3-8,19H,1-2H2. The van der Waals surface area contributed by atoms with Crippen LogP contribution in [-0.2, 0) is 0 Å². The average molecular weight is 283 g/mol. The molecule has 0 aliphatic heterocycles. The van der Waals surface area contributed by atoms with Crippen molar-refractivity contribution in [3.05, 3.63) is 72.5 Å². The molecule has 2 radical (unpaired) electrons. The molecule has 2 rings (SSSR count). The van der Waals surface area contributed by atoms with Crippen molar-refractivity contribution in [1.29, 1.82) is 5.26 Å². The fraction of sp³-hybridized carbons (Fsp3) is 0. The molecule has 0 spiro atoms. The van der Waals surface area contributed by atoms with Crippen molar-refractivity contribution >= 4 is 28.2 Å². The Balaban J connectivity index is 2.50.